The molecule has 12 rings (SSSR count). The van der Waals surface area contributed by atoms with Gasteiger partial charge < -0.3 is 20.3 Å². The number of imidazole rings is 3. The largest absolute Gasteiger partial charge is 0.345 e. The van der Waals surface area contributed by atoms with E-state index in [-0.39, 0.29) is 19.8 Å². The molecule has 0 unspecified atom stereocenters. The topological polar surface area (TPSA) is 150 Å². The summed E-state index contributed by atoms with van der Waals surface area (Å²) in [4.78, 5) is 36.4. The number of rotatable bonds is 6. The van der Waals surface area contributed by atoms with Gasteiger partial charge in [-0.1, -0.05) is 60.3 Å². The minimum absolute atomic E-state index is 0. The van der Waals surface area contributed by atoms with E-state index in [2.05, 4.69) is 115 Å². The average Bonchev–Trinajstić information content (AvgIpc) is 4.09. The second kappa shape index (κ2) is 17.1. The minimum atomic E-state index is 0. The van der Waals surface area contributed by atoms with Crippen molar-refractivity contribution in [1.82, 2.24) is 63.4 Å². The van der Waals surface area contributed by atoms with Crippen molar-refractivity contribution in [2.24, 2.45) is 17.8 Å². The maximum Gasteiger partial charge on any atom is 0.156 e. The van der Waals surface area contributed by atoms with Crippen LogP contribution >= 0.6 is 12.4 Å². The molecule has 3 aliphatic rings. The highest BCUT2D eigenvalue weighted by Gasteiger charge is 2.32. The Kier molecular flexibility index (Phi) is 11.8. The maximum absolute atomic E-state index is 4.55. The van der Waals surface area contributed by atoms with E-state index >= 15 is 0 Å². The summed E-state index contributed by atoms with van der Waals surface area (Å²) in [6.07, 6.45) is 29.2. The molecular weight excluding hydrogens is 758 g/mol. The van der Waals surface area contributed by atoms with Crippen molar-refractivity contribution in [2.45, 2.75) is 104 Å². The van der Waals surface area contributed by atoms with Crippen LogP contribution in [0.2, 0.25) is 0 Å². The summed E-state index contributed by atoms with van der Waals surface area (Å²) in [6.45, 7) is 9.02. The Morgan fingerprint density at radius 3 is 1.27 bits per heavy atom. The number of halogens is 1. The van der Waals surface area contributed by atoms with Crippen LogP contribution in [0.1, 0.15) is 121 Å². The van der Waals surface area contributed by atoms with Crippen LogP contribution in [-0.2, 0) is 0 Å². The number of fused-ring (bicyclic) bond motifs is 9. The van der Waals surface area contributed by atoms with Crippen molar-refractivity contribution in [3.8, 4) is 0 Å². The highest BCUT2D eigenvalue weighted by molar-refractivity contribution is 5.85. The zero-order valence-electron chi connectivity index (χ0n) is 33.6. The van der Waals surface area contributed by atoms with E-state index in [1.807, 2.05) is 43.4 Å². The summed E-state index contributed by atoms with van der Waals surface area (Å²) in [5.41, 5.74) is 13.1. The Balaban J connectivity index is 0.000000121. The third-order valence-electron chi connectivity index (χ3n) is 13.6. The third kappa shape index (κ3) is 7.05. The first-order valence-corrected chi connectivity index (χ1v) is 21.2. The molecule has 13 nitrogen and oxygen atoms in total. The molecule has 10 heterocycles. The van der Waals surface area contributed by atoms with Gasteiger partial charge in [0.05, 0.1) is 35.1 Å². The number of nitrogens with one attached hydrogen (secondary N) is 4. The second-order valence-corrected chi connectivity index (χ2v) is 16.4. The van der Waals surface area contributed by atoms with Crippen molar-refractivity contribution in [2.75, 3.05) is 13.1 Å². The molecule has 4 N–H and O–H groups in total. The monoisotopic (exact) mass is 815 g/mol. The normalized spacial score (nSPS) is 22.8. The SMILES string of the molecule is C.CC[C@@H]1CCC[C@@H]1c1cnc2cnc3[nH]ccc3n12.CC[C@@H]1CCC[C@@H]1c1cnc2cnc3[nH]ccc3n12.CC[C@@H]1CNC[C@@H]1c1cnc2cnc3[nH]ccc3n12.Cl. The first-order valence-electron chi connectivity index (χ1n) is 21.2. The van der Waals surface area contributed by atoms with Crippen molar-refractivity contribution in [3.05, 3.63) is 91.1 Å². The van der Waals surface area contributed by atoms with Crippen LogP contribution in [0.15, 0.2) is 74.0 Å². The van der Waals surface area contributed by atoms with Crippen LogP contribution in [-0.4, -0.2) is 71.1 Å². The Hall–Kier alpha value is -5.27. The fourth-order valence-electron chi connectivity index (χ4n) is 10.6. The molecule has 1 saturated heterocycles. The van der Waals surface area contributed by atoms with Crippen LogP contribution in [0.3, 0.4) is 0 Å². The molecule has 9 aromatic rings. The second-order valence-electron chi connectivity index (χ2n) is 16.4. The van der Waals surface area contributed by atoms with Crippen LogP contribution < -0.4 is 5.32 Å². The molecule has 0 bridgehead atoms. The minimum Gasteiger partial charge on any atom is -0.345 e. The zero-order chi connectivity index (χ0) is 38.5. The van der Waals surface area contributed by atoms with Crippen LogP contribution in [0.4, 0.5) is 0 Å². The lowest BCUT2D eigenvalue weighted by Gasteiger charge is -2.17. The van der Waals surface area contributed by atoms with E-state index in [0.717, 1.165) is 75.4 Å². The van der Waals surface area contributed by atoms with E-state index in [1.165, 1.54) is 74.9 Å². The van der Waals surface area contributed by atoms with Gasteiger partial charge >= 0.3 is 0 Å². The molecule has 0 amide bonds. The Morgan fingerprint density at radius 2 is 0.881 bits per heavy atom. The maximum atomic E-state index is 4.55. The number of aromatic nitrogens is 12. The van der Waals surface area contributed by atoms with Gasteiger partial charge in [-0.3, -0.25) is 13.2 Å². The summed E-state index contributed by atoms with van der Waals surface area (Å²) in [5, 5.41) is 3.50. The van der Waals surface area contributed by atoms with Gasteiger partial charge in [0.15, 0.2) is 33.9 Å². The summed E-state index contributed by atoms with van der Waals surface area (Å²) >= 11 is 0. The van der Waals surface area contributed by atoms with Crippen molar-refractivity contribution >= 4 is 62.8 Å². The van der Waals surface area contributed by atoms with Gasteiger partial charge in [-0.15, -0.1) is 12.4 Å². The van der Waals surface area contributed by atoms with Gasteiger partial charge in [-0.05, 0) is 68.2 Å². The van der Waals surface area contributed by atoms with Crippen LogP contribution in [0, 0.1) is 17.8 Å². The average molecular weight is 817 g/mol. The van der Waals surface area contributed by atoms with Gasteiger partial charge in [-0.2, -0.15) is 0 Å². The summed E-state index contributed by atoms with van der Waals surface area (Å²) in [5.74, 6) is 4.16. The number of hydrogen-bond donors (Lipinski definition) is 4. The summed E-state index contributed by atoms with van der Waals surface area (Å²) < 4.78 is 6.83. The molecule has 14 heteroatoms. The van der Waals surface area contributed by atoms with E-state index in [9.17, 15) is 0 Å². The van der Waals surface area contributed by atoms with Crippen LogP contribution in [0.25, 0.3) is 50.4 Å². The molecule has 3 fully saturated rings. The molecule has 2 saturated carbocycles. The van der Waals surface area contributed by atoms with E-state index in [4.69, 9.17) is 0 Å². The number of hydrogen-bond acceptors (Lipinski definition) is 7. The third-order valence-corrected chi connectivity index (χ3v) is 13.6. The lowest BCUT2D eigenvalue weighted by atomic mass is 9.91. The quantitative estimate of drug-likeness (QED) is 0.131. The molecule has 0 radical (unpaired) electrons. The molecule has 0 spiro atoms. The first-order chi connectivity index (χ1) is 28.1. The highest BCUT2D eigenvalue weighted by Crippen LogP contribution is 2.43. The van der Waals surface area contributed by atoms with Gasteiger partial charge in [-0.25, -0.2) is 29.9 Å². The number of aromatic amines is 3. The molecule has 9 aromatic heterocycles. The predicted octanol–water partition coefficient (Wildman–Crippen LogP) is 9.99. The molecular formula is C45H58ClN13. The Bertz CT molecular complexity index is 2480. The summed E-state index contributed by atoms with van der Waals surface area (Å²) in [6, 6.07) is 6.26. The zero-order valence-corrected chi connectivity index (χ0v) is 34.4. The van der Waals surface area contributed by atoms with Crippen molar-refractivity contribution in [3.63, 3.8) is 0 Å². The smallest absolute Gasteiger partial charge is 0.156 e. The lowest BCUT2D eigenvalue weighted by Crippen LogP contribution is -2.12. The molecule has 310 valence electrons. The fraction of sp³-hybridized carbons (Fsp3) is 0.467. The molecule has 6 atom stereocenters. The molecule has 1 aliphatic heterocycles. The fourth-order valence-corrected chi connectivity index (χ4v) is 10.6. The highest BCUT2D eigenvalue weighted by atomic mass is 35.5. The van der Waals surface area contributed by atoms with E-state index < -0.39 is 0 Å². The van der Waals surface area contributed by atoms with Crippen LogP contribution in [0.5, 0.6) is 0 Å². The van der Waals surface area contributed by atoms with Crippen molar-refractivity contribution in [1.29, 1.82) is 0 Å². The standard InChI is InChI=1S/2C15H18N4.C14H17N5.CH4.ClH/c2*1-2-10-4-3-5-11(10)13-8-17-14-9-18-15-12(19(13)14)6-7-16-15;1-2-9-5-15-6-10(9)12-7-17-13-8-18-14-11(19(12)13)3-4-16-14;;/h2*6-11,16H,2-5H2,1H3;3-4,7-10,15-16H,2,5-6H2,1H3;1H4;1H/t2*10-,11+;9-,10+;;/m111../s1. The number of nitrogens with zero attached hydrogens (tertiary/aromatic N) is 9. The van der Waals surface area contributed by atoms with Crippen molar-refractivity contribution < 1.29 is 0 Å². The summed E-state index contributed by atoms with van der Waals surface area (Å²) in [7, 11) is 0. The molecule has 59 heavy (non-hydrogen) atoms. The Labute approximate surface area is 350 Å². The van der Waals surface area contributed by atoms with Gasteiger partial charge in [0.2, 0.25) is 0 Å². The first kappa shape index (κ1) is 40.5. The van der Waals surface area contributed by atoms with E-state index in [0.29, 0.717) is 23.7 Å². The van der Waals surface area contributed by atoms with Gasteiger partial charge in [0, 0.05) is 78.6 Å². The van der Waals surface area contributed by atoms with E-state index in [1.54, 1.807) is 0 Å². The van der Waals surface area contributed by atoms with Gasteiger partial charge in [0.1, 0.15) is 0 Å². The van der Waals surface area contributed by atoms with Gasteiger partial charge in [0.25, 0.3) is 0 Å². The lowest BCUT2D eigenvalue weighted by molar-refractivity contribution is 0.461. The molecule has 0 aromatic carbocycles. The molecule has 2 aliphatic carbocycles. The Morgan fingerprint density at radius 1 is 0.492 bits per heavy atom. The number of H-pyrrole nitrogens is 3. The predicted molar refractivity (Wildman–Crippen MR) is 239 cm³/mol.